The highest BCUT2D eigenvalue weighted by Gasteiger charge is 2.34. The summed E-state index contributed by atoms with van der Waals surface area (Å²) in [5, 5.41) is 8.24. The highest BCUT2D eigenvalue weighted by atomic mass is 32.2. The number of aryl methyl sites for hydroxylation is 4. The zero-order chi connectivity index (χ0) is 23.0. The van der Waals surface area contributed by atoms with Crippen LogP contribution in [0, 0.1) is 27.7 Å². The molecule has 0 N–H and O–H groups in total. The molecule has 1 amide bonds. The lowest BCUT2D eigenvalue weighted by Gasteiger charge is -2.34. The van der Waals surface area contributed by atoms with Crippen LogP contribution >= 0.6 is 0 Å². The van der Waals surface area contributed by atoms with Crippen molar-refractivity contribution in [1.82, 2.24) is 24.1 Å². The van der Waals surface area contributed by atoms with Crippen LogP contribution < -0.4 is 0 Å². The maximum absolute atomic E-state index is 13.1. The molecule has 1 aliphatic heterocycles. The van der Waals surface area contributed by atoms with Gasteiger partial charge in [-0.25, -0.2) is 8.42 Å². The Bertz CT molecular complexity index is 1230. The first-order valence-electron chi connectivity index (χ1n) is 10.5. The van der Waals surface area contributed by atoms with Gasteiger partial charge < -0.3 is 9.42 Å². The molecule has 9 nitrogen and oxygen atoms in total. The third-order valence-corrected chi connectivity index (χ3v) is 7.84. The van der Waals surface area contributed by atoms with Crippen molar-refractivity contribution < 1.29 is 17.7 Å². The zero-order valence-corrected chi connectivity index (χ0v) is 19.5. The molecule has 1 aromatic carbocycles. The van der Waals surface area contributed by atoms with Crippen molar-refractivity contribution in [2.24, 2.45) is 0 Å². The molecule has 1 saturated heterocycles. The van der Waals surface area contributed by atoms with E-state index in [0.29, 0.717) is 30.9 Å². The molecule has 1 fully saturated rings. The average molecular weight is 458 g/mol. The van der Waals surface area contributed by atoms with Crippen molar-refractivity contribution in [3.63, 3.8) is 0 Å². The fraction of sp³-hybridized carbons (Fsp3) is 0.409. The molecule has 10 heteroatoms. The molecule has 3 heterocycles. The third-order valence-electron chi connectivity index (χ3n) is 5.70. The Balaban J connectivity index is 1.44. The topological polar surface area (TPSA) is 102 Å². The number of sulfonamides is 1. The van der Waals surface area contributed by atoms with E-state index in [9.17, 15) is 13.2 Å². The molecule has 0 unspecified atom stereocenters. The van der Waals surface area contributed by atoms with Gasteiger partial charge in [-0.15, -0.1) is 0 Å². The summed E-state index contributed by atoms with van der Waals surface area (Å²) in [6.45, 7) is 8.84. The number of amides is 1. The Hall–Kier alpha value is -2.98. The highest BCUT2D eigenvalue weighted by Crippen LogP contribution is 2.24. The van der Waals surface area contributed by atoms with Gasteiger partial charge >= 0.3 is 0 Å². The number of hydrogen-bond donors (Lipinski definition) is 0. The molecular weight excluding hydrogens is 430 g/mol. The van der Waals surface area contributed by atoms with Gasteiger partial charge in [-0.1, -0.05) is 17.3 Å². The van der Waals surface area contributed by atoms with Gasteiger partial charge in [-0.3, -0.25) is 9.48 Å². The molecule has 0 saturated carbocycles. The number of nitrogens with zero attached hydrogens (tertiary/aromatic N) is 5. The van der Waals surface area contributed by atoms with E-state index in [1.807, 2.05) is 42.8 Å². The second-order valence-corrected chi connectivity index (χ2v) is 10.0. The van der Waals surface area contributed by atoms with Crippen molar-refractivity contribution in [2.45, 2.75) is 39.1 Å². The number of piperazine rings is 1. The number of carbonyl (C=O) groups is 1. The van der Waals surface area contributed by atoms with Crippen LogP contribution in [0.2, 0.25) is 0 Å². The van der Waals surface area contributed by atoms with Gasteiger partial charge in [0.25, 0.3) is 5.91 Å². The number of hydrogen-bond acceptors (Lipinski definition) is 6. The van der Waals surface area contributed by atoms with E-state index in [1.54, 1.807) is 24.8 Å². The summed E-state index contributed by atoms with van der Waals surface area (Å²) in [5.41, 5.74) is 3.95. The molecule has 4 rings (SSSR count). The second-order valence-electron chi connectivity index (χ2n) is 8.13. The molecule has 0 bridgehead atoms. The fourth-order valence-corrected chi connectivity index (χ4v) is 5.81. The predicted octanol–water partition coefficient (Wildman–Crippen LogP) is 2.30. The number of benzene rings is 1. The van der Waals surface area contributed by atoms with E-state index in [0.717, 1.165) is 17.0 Å². The predicted molar refractivity (Wildman–Crippen MR) is 118 cm³/mol. The Morgan fingerprint density at radius 2 is 1.78 bits per heavy atom. The maximum Gasteiger partial charge on any atom is 0.253 e. The maximum atomic E-state index is 13.1. The van der Waals surface area contributed by atoms with E-state index >= 15 is 0 Å². The van der Waals surface area contributed by atoms with Crippen LogP contribution in [0.5, 0.6) is 0 Å². The fourth-order valence-electron chi connectivity index (χ4n) is 4.10. The molecule has 1 aliphatic rings. The summed E-state index contributed by atoms with van der Waals surface area (Å²) in [6, 6.07) is 9.53. The van der Waals surface area contributed by atoms with Crippen molar-refractivity contribution >= 4 is 15.9 Å². The van der Waals surface area contributed by atoms with E-state index < -0.39 is 10.0 Å². The molecule has 170 valence electrons. The van der Waals surface area contributed by atoms with Crippen LogP contribution in [0.25, 0.3) is 0 Å². The largest absolute Gasteiger partial charge is 0.360 e. The van der Waals surface area contributed by atoms with Crippen LogP contribution in [-0.4, -0.2) is 64.6 Å². The van der Waals surface area contributed by atoms with Gasteiger partial charge in [0.05, 0.1) is 12.2 Å². The monoisotopic (exact) mass is 457 g/mol. The first-order valence-corrected chi connectivity index (χ1v) is 11.9. The van der Waals surface area contributed by atoms with Crippen molar-refractivity contribution in [3.05, 3.63) is 64.3 Å². The molecule has 2 aromatic heterocycles. The van der Waals surface area contributed by atoms with Gasteiger partial charge in [-0.2, -0.15) is 9.40 Å². The smallest absolute Gasteiger partial charge is 0.253 e. The normalized spacial score (nSPS) is 15.3. The van der Waals surface area contributed by atoms with Gasteiger partial charge in [0.1, 0.15) is 10.6 Å². The minimum atomic E-state index is -3.71. The van der Waals surface area contributed by atoms with Crippen LogP contribution in [0.1, 0.15) is 38.8 Å². The summed E-state index contributed by atoms with van der Waals surface area (Å²) in [4.78, 5) is 14.9. The average Bonchev–Trinajstić information content (AvgIpc) is 3.27. The minimum Gasteiger partial charge on any atom is -0.360 e. The summed E-state index contributed by atoms with van der Waals surface area (Å²) >= 11 is 0. The van der Waals surface area contributed by atoms with Crippen LogP contribution in [-0.2, 0) is 16.6 Å². The van der Waals surface area contributed by atoms with E-state index in [2.05, 4.69) is 10.3 Å². The zero-order valence-electron chi connectivity index (χ0n) is 18.7. The minimum absolute atomic E-state index is 0.102. The molecular formula is C22H27N5O4S. The highest BCUT2D eigenvalue weighted by molar-refractivity contribution is 7.89. The number of aromatic nitrogens is 3. The molecule has 32 heavy (non-hydrogen) atoms. The van der Waals surface area contributed by atoms with E-state index in [1.165, 1.54) is 4.31 Å². The van der Waals surface area contributed by atoms with Crippen molar-refractivity contribution in [2.75, 3.05) is 26.2 Å². The molecule has 3 aromatic rings. The van der Waals surface area contributed by atoms with Gasteiger partial charge in [0, 0.05) is 37.4 Å². The van der Waals surface area contributed by atoms with E-state index in [4.69, 9.17) is 4.52 Å². The summed E-state index contributed by atoms with van der Waals surface area (Å²) in [7, 11) is -3.71. The summed E-state index contributed by atoms with van der Waals surface area (Å²) in [6.07, 6.45) is 0. The number of carbonyl (C=O) groups excluding carboxylic acids is 1. The second kappa shape index (κ2) is 8.51. The first-order chi connectivity index (χ1) is 15.2. The van der Waals surface area contributed by atoms with Crippen molar-refractivity contribution in [1.29, 1.82) is 0 Å². The SMILES string of the molecule is Cc1cc(C)n(Cc2cccc(C(=O)N3CCN(S(=O)(=O)c4c(C)noc4C)CC3)c2)n1. The van der Waals surface area contributed by atoms with Gasteiger partial charge in [0.2, 0.25) is 10.0 Å². The quantitative estimate of drug-likeness (QED) is 0.583. The lowest BCUT2D eigenvalue weighted by molar-refractivity contribution is 0.0697. The van der Waals surface area contributed by atoms with Crippen LogP contribution in [0.4, 0.5) is 0 Å². The van der Waals surface area contributed by atoms with Crippen molar-refractivity contribution in [3.8, 4) is 0 Å². The first kappa shape index (κ1) is 22.2. The molecule has 0 aliphatic carbocycles. The summed E-state index contributed by atoms with van der Waals surface area (Å²) in [5.74, 6) is 0.176. The lowest BCUT2D eigenvalue weighted by Crippen LogP contribution is -2.50. The van der Waals surface area contributed by atoms with Crippen LogP contribution in [0.15, 0.2) is 39.8 Å². The molecule has 0 radical (unpaired) electrons. The third kappa shape index (κ3) is 4.20. The molecule has 0 spiro atoms. The van der Waals surface area contributed by atoms with Gasteiger partial charge in [0.15, 0.2) is 5.76 Å². The van der Waals surface area contributed by atoms with Crippen LogP contribution in [0.3, 0.4) is 0 Å². The van der Waals surface area contributed by atoms with E-state index in [-0.39, 0.29) is 29.7 Å². The Morgan fingerprint density at radius 3 is 2.38 bits per heavy atom. The summed E-state index contributed by atoms with van der Waals surface area (Å²) < 4.78 is 34.3. The van der Waals surface area contributed by atoms with Gasteiger partial charge in [-0.05, 0) is 51.5 Å². The Kier molecular flexibility index (Phi) is 5.91. The standard InChI is InChI=1S/C22H27N5O4S/c1-15-12-16(2)27(23-15)14-19-6-5-7-20(13-19)22(28)25-8-10-26(11-9-25)32(29,30)21-17(3)24-31-18(21)4/h5-7,12-13H,8-11,14H2,1-4H3. The molecule has 0 atom stereocenters. The lowest BCUT2D eigenvalue weighted by atomic mass is 10.1. The Labute approximate surface area is 187 Å². The Morgan fingerprint density at radius 1 is 1.06 bits per heavy atom. The number of rotatable bonds is 5.